The van der Waals surface area contributed by atoms with E-state index in [1.54, 1.807) is 13.2 Å². The minimum absolute atomic E-state index is 0.00985. The Morgan fingerprint density at radius 1 is 1.50 bits per heavy atom. The molecule has 0 spiro atoms. The van der Waals surface area contributed by atoms with Crippen molar-refractivity contribution >= 4 is 5.91 Å². The van der Waals surface area contributed by atoms with E-state index in [1.165, 1.54) is 0 Å². The Hall–Kier alpha value is -1.46. The van der Waals surface area contributed by atoms with Gasteiger partial charge in [0.15, 0.2) is 0 Å². The highest BCUT2D eigenvalue weighted by molar-refractivity contribution is 5.77. The first-order valence-corrected chi connectivity index (χ1v) is 7.24. The lowest BCUT2D eigenvalue weighted by molar-refractivity contribution is -0.122. The van der Waals surface area contributed by atoms with Gasteiger partial charge in [0.1, 0.15) is 0 Å². The number of carbonyl (C=O) groups excluding carboxylic acids is 1. The number of nitrogens with one attached hydrogen (secondary N) is 1. The van der Waals surface area contributed by atoms with Crippen LogP contribution in [0.5, 0.6) is 0 Å². The zero-order chi connectivity index (χ0) is 15.0. The van der Waals surface area contributed by atoms with Gasteiger partial charge in [-0.25, -0.2) is 0 Å². The van der Waals surface area contributed by atoms with Crippen molar-refractivity contribution in [2.45, 2.75) is 38.8 Å². The third-order valence-corrected chi connectivity index (χ3v) is 3.43. The van der Waals surface area contributed by atoms with Crippen LogP contribution in [-0.4, -0.2) is 42.0 Å². The van der Waals surface area contributed by atoms with Crippen molar-refractivity contribution in [2.75, 3.05) is 20.1 Å². The van der Waals surface area contributed by atoms with Gasteiger partial charge in [0.05, 0.1) is 12.6 Å². The summed E-state index contributed by atoms with van der Waals surface area (Å²) in [6.07, 6.45) is 5.42. The van der Waals surface area contributed by atoms with Gasteiger partial charge >= 0.3 is 0 Å². The van der Waals surface area contributed by atoms with E-state index in [0.29, 0.717) is 6.54 Å². The number of nitrogens with two attached hydrogens (primary N) is 1. The van der Waals surface area contributed by atoms with Crippen molar-refractivity contribution in [3.05, 3.63) is 30.1 Å². The molecule has 1 aromatic rings. The number of likely N-dealkylation sites (N-methyl/N-ethyl adjacent to an activating group) is 1. The number of hydrogen-bond acceptors (Lipinski definition) is 4. The third kappa shape index (κ3) is 4.58. The number of amides is 1. The van der Waals surface area contributed by atoms with Gasteiger partial charge in [-0.05, 0) is 31.0 Å². The molecule has 1 amide bonds. The first-order valence-electron chi connectivity index (χ1n) is 7.24. The highest BCUT2D eigenvalue weighted by Crippen LogP contribution is 2.24. The average molecular weight is 278 g/mol. The van der Waals surface area contributed by atoms with E-state index in [-0.39, 0.29) is 18.0 Å². The Morgan fingerprint density at radius 3 is 2.75 bits per heavy atom. The normalized spacial score (nSPS) is 14.1. The maximum atomic E-state index is 11.7. The van der Waals surface area contributed by atoms with Crippen LogP contribution in [0.15, 0.2) is 24.5 Å². The SMILES string of the molecule is CCCN(CC(=O)NC)C(c1cccnc1)C(N)CC. The Balaban J connectivity index is 3.01. The zero-order valence-electron chi connectivity index (χ0n) is 12.7. The summed E-state index contributed by atoms with van der Waals surface area (Å²) in [4.78, 5) is 18.1. The van der Waals surface area contributed by atoms with Crippen LogP contribution in [0.4, 0.5) is 0 Å². The van der Waals surface area contributed by atoms with Gasteiger partial charge < -0.3 is 11.1 Å². The molecule has 5 heteroatoms. The second-order valence-electron chi connectivity index (χ2n) is 4.95. The standard InChI is InChI=1S/C15H26N4O/c1-4-9-19(11-14(20)17-3)15(13(16)5-2)12-7-6-8-18-10-12/h6-8,10,13,15H,4-5,9,11,16H2,1-3H3,(H,17,20). The Bertz CT molecular complexity index is 396. The number of rotatable bonds is 8. The molecule has 0 fully saturated rings. The minimum Gasteiger partial charge on any atom is -0.358 e. The predicted octanol–water partition coefficient (Wildman–Crippen LogP) is 1.32. The summed E-state index contributed by atoms with van der Waals surface area (Å²) in [7, 11) is 1.66. The van der Waals surface area contributed by atoms with Gasteiger partial charge in [0.2, 0.25) is 5.91 Å². The van der Waals surface area contributed by atoms with Gasteiger partial charge in [-0.3, -0.25) is 14.7 Å². The van der Waals surface area contributed by atoms with E-state index >= 15 is 0 Å². The maximum Gasteiger partial charge on any atom is 0.233 e. The highest BCUT2D eigenvalue weighted by Gasteiger charge is 2.26. The van der Waals surface area contributed by atoms with Crippen LogP contribution in [0, 0.1) is 0 Å². The van der Waals surface area contributed by atoms with Crippen molar-refractivity contribution in [2.24, 2.45) is 5.73 Å². The smallest absolute Gasteiger partial charge is 0.233 e. The average Bonchev–Trinajstić information content (AvgIpc) is 2.48. The van der Waals surface area contributed by atoms with E-state index in [9.17, 15) is 4.79 Å². The Morgan fingerprint density at radius 2 is 2.25 bits per heavy atom. The van der Waals surface area contributed by atoms with Crippen molar-refractivity contribution in [1.29, 1.82) is 0 Å². The zero-order valence-corrected chi connectivity index (χ0v) is 12.7. The third-order valence-electron chi connectivity index (χ3n) is 3.43. The van der Waals surface area contributed by atoms with Crippen LogP contribution in [0.2, 0.25) is 0 Å². The van der Waals surface area contributed by atoms with Gasteiger partial charge in [-0.1, -0.05) is 19.9 Å². The van der Waals surface area contributed by atoms with Gasteiger partial charge in [-0.2, -0.15) is 0 Å². The number of hydrogen-bond donors (Lipinski definition) is 2. The summed E-state index contributed by atoms with van der Waals surface area (Å²) in [5, 5.41) is 2.68. The molecule has 1 heterocycles. The maximum absolute atomic E-state index is 11.7. The molecule has 0 bridgehead atoms. The first kappa shape index (κ1) is 16.6. The van der Waals surface area contributed by atoms with Crippen molar-refractivity contribution < 1.29 is 4.79 Å². The summed E-state index contributed by atoms with van der Waals surface area (Å²) in [6, 6.07) is 3.94. The summed E-state index contributed by atoms with van der Waals surface area (Å²) in [6.45, 7) is 5.37. The van der Waals surface area contributed by atoms with E-state index in [4.69, 9.17) is 5.73 Å². The topological polar surface area (TPSA) is 71.2 Å². The molecule has 2 atom stereocenters. The molecule has 2 unspecified atom stereocenters. The molecule has 0 aliphatic rings. The summed E-state index contributed by atoms with van der Waals surface area (Å²) in [5.74, 6) is 0.00985. The lowest BCUT2D eigenvalue weighted by Crippen LogP contribution is -2.45. The molecule has 0 aromatic carbocycles. The fourth-order valence-electron chi connectivity index (χ4n) is 2.37. The van der Waals surface area contributed by atoms with Crippen molar-refractivity contribution in [3.63, 3.8) is 0 Å². The van der Waals surface area contributed by atoms with E-state index in [2.05, 4.69) is 29.0 Å². The molecule has 1 rings (SSSR count). The first-order chi connectivity index (χ1) is 9.63. The lowest BCUT2D eigenvalue weighted by Gasteiger charge is -2.34. The Labute approximate surface area is 121 Å². The highest BCUT2D eigenvalue weighted by atomic mass is 16.1. The van der Waals surface area contributed by atoms with Crippen LogP contribution in [-0.2, 0) is 4.79 Å². The van der Waals surface area contributed by atoms with E-state index in [0.717, 1.165) is 24.9 Å². The molecule has 3 N–H and O–H groups in total. The van der Waals surface area contributed by atoms with E-state index in [1.807, 2.05) is 18.3 Å². The molecule has 0 aliphatic carbocycles. The molecule has 0 saturated carbocycles. The Kier molecular flexibility index (Phi) is 7.18. The molecule has 0 aliphatic heterocycles. The minimum atomic E-state index is -0.0181. The number of carbonyl (C=O) groups is 1. The van der Waals surface area contributed by atoms with Crippen molar-refractivity contribution in [3.8, 4) is 0 Å². The predicted molar refractivity (Wildman–Crippen MR) is 81.2 cm³/mol. The molecule has 112 valence electrons. The fourth-order valence-corrected chi connectivity index (χ4v) is 2.37. The number of pyridine rings is 1. The summed E-state index contributed by atoms with van der Waals surface area (Å²) >= 11 is 0. The second-order valence-corrected chi connectivity index (χ2v) is 4.95. The molecule has 20 heavy (non-hydrogen) atoms. The molecule has 5 nitrogen and oxygen atoms in total. The molecular weight excluding hydrogens is 252 g/mol. The van der Waals surface area contributed by atoms with Crippen LogP contribution >= 0.6 is 0 Å². The van der Waals surface area contributed by atoms with Gasteiger partial charge in [-0.15, -0.1) is 0 Å². The number of nitrogens with zero attached hydrogens (tertiary/aromatic N) is 2. The van der Waals surface area contributed by atoms with Crippen LogP contribution in [0.3, 0.4) is 0 Å². The van der Waals surface area contributed by atoms with Crippen LogP contribution in [0.1, 0.15) is 38.3 Å². The van der Waals surface area contributed by atoms with E-state index < -0.39 is 0 Å². The summed E-state index contributed by atoms with van der Waals surface area (Å²) < 4.78 is 0. The summed E-state index contributed by atoms with van der Waals surface area (Å²) in [5.41, 5.74) is 7.37. The van der Waals surface area contributed by atoms with Crippen LogP contribution in [0.25, 0.3) is 0 Å². The second kappa shape index (κ2) is 8.66. The quantitative estimate of drug-likeness (QED) is 0.752. The largest absolute Gasteiger partial charge is 0.358 e. The van der Waals surface area contributed by atoms with Crippen LogP contribution < -0.4 is 11.1 Å². The molecule has 1 aromatic heterocycles. The van der Waals surface area contributed by atoms with Gasteiger partial charge in [0, 0.05) is 25.5 Å². The number of aromatic nitrogens is 1. The lowest BCUT2D eigenvalue weighted by atomic mass is 9.97. The van der Waals surface area contributed by atoms with Crippen molar-refractivity contribution in [1.82, 2.24) is 15.2 Å². The molecular formula is C15H26N4O. The molecule has 0 saturated heterocycles. The monoisotopic (exact) mass is 278 g/mol. The molecule has 0 radical (unpaired) electrons. The fraction of sp³-hybridized carbons (Fsp3) is 0.600. The van der Waals surface area contributed by atoms with Gasteiger partial charge in [0.25, 0.3) is 0 Å².